The fourth-order valence-electron chi connectivity index (χ4n) is 1.19. The zero-order valence-corrected chi connectivity index (χ0v) is 9.41. The lowest BCUT2D eigenvalue weighted by atomic mass is 10.1. The molecule has 0 fully saturated rings. The normalized spacial score (nSPS) is 11.1. The molecular formula is C9H12N4OS. The number of hydrogen-bond acceptors (Lipinski definition) is 6. The Bertz CT molecular complexity index is 448. The van der Waals surface area contributed by atoms with E-state index in [0.29, 0.717) is 28.5 Å². The van der Waals surface area contributed by atoms with Crippen molar-refractivity contribution in [3.8, 4) is 11.6 Å². The lowest BCUT2D eigenvalue weighted by Crippen LogP contribution is -1.95. The Morgan fingerprint density at radius 2 is 2.27 bits per heavy atom. The number of aromatic nitrogens is 3. The van der Waals surface area contributed by atoms with Gasteiger partial charge in [0, 0.05) is 11.8 Å². The van der Waals surface area contributed by atoms with E-state index < -0.39 is 0 Å². The highest BCUT2D eigenvalue weighted by Gasteiger charge is 2.12. The Morgan fingerprint density at radius 1 is 1.47 bits per heavy atom. The van der Waals surface area contributed by atoms with Crippen LogP contribution in [-0.2, 0) is 6.42 Å². The highest BCUT2D eigenvalue weighted by molar-refractivity contribution is 7.13. The number of nitrogens with zero attached hydrogens (tertiary/aromatic N) is 3. The van der Waals surface area contributed by atoms with Gasteiger partial charge in [0.25, 0.3) is 5.89 Å². The molecule has 0 spiro atoms. The van der Waals surface area contributed by atoms with Crippen molar-refractivity contribution in [2.24, 2.45) is 5.92 Å². The van der Waals surface area contributed by atoms with Gasteiger partial charge in [-0.05, 0) is 5.92 Å². The predicted molar refractivity (Wildman–Crippen MR) is 58.4 cm³/mol. The first kappa shape index (κ1) is 10.1. The van der Waals surface area contributed by atoms with E-state index in [2.05, 4.69) is 29.0 Å². The summed E-state index contributed by atoms with van der Waals surface area (Å²) in [6.07, 6.45) is 0.809. The van der Waals surface area contributed by atoms with E-state index >= 15 is 0 Å². The maximum absolute atomic E-state index is 5.52. The standard InChI is InChI=1S/C9H12N4OS/c1-5(2)3-7-12-8(14-13-7)6-4-15-9(10)11-6/h4-5H,3H2,1-2H3,(H2,10,11). The van der Waals surface area contributed by atoms with Crippen LogP contribution in [0.4, 0.5) is 5.13 Å². The van der Waals surface area contributed by atoms with Crippen LogP contribution in [0, 0.1) is 5.92 Å². The summed E-state index contributed by atoms with van der Waals surface area (Å²) in [6, 6.07) is 0. The van der Waals surface area contributed by atoms with Gasteiger partial charge in [0.2, 0.25) is 0 Å². The summed E-state index contributed by atoms with van der Waals surface area (Å²) in [5, 5.41) is 6.20. The molecule has 5 nitrogen and oxygen atoms in total. The molecule has 0 saturated heterocycles. The van der Waals surface area contributed by atoms with Crippen molar-refractivity contribution in [3.05, 3.63) is 11.2 Å². The zero-order chi connectivity index (χ0) is 10.8. The highest BCUT2D eigenvalue weighted by Crippen LogP contribution is 2.21. The molecule has 6 heteroatoms. The van der Waals surface area contributed by atoms with Crippen molar-refractivity contribution < 1.29 is 4.52 Å². The van der Waals surface area contributed by atoms with Gasteiger partial charge in [-0.3, -0.25) is 0 Å². The van der Waals surface area contributed by atoms with Gasteiger partial charge in [-0.15, -0.1) is 11.3 Å². The molecule has 0 radical (unpaired) electrons. The van der Waals surface area contributed by atoms with E-state index in [1.54, 1.807) is 0 Å². The van der Waals surface area contributed by atoms with Crippen LogP contribution in [-0.4, -0.2) is 15.1 Å². The van der Waals surface area contributed by atoms with Crippen LogP contribution < -0.4 is 5.73 Å². The minimum atomic E-state index is 0.443. The van der Waals surface area contributed by atoms with Crippen molar-refractivity contribution in [2.45, 2.75) is 20.3 Å². The average Bonchev–Trinajstić information content (AvgIpc) is 2.72. The number of nitrogens with two attached hydrogens (primary N) is 1. The molecule has 0 saturated carbocycles. The second-order valence-electron chi connectivity index (χ2n) is 3.68. The highest BCUT2D eigenvalue weighted by atomic mass is 32.1. The minimum Gasteiger partial charge on any atom is -0.375 e. The van der Waals surface area contributed by atoms with E-state index in [1.165, 1.54) is 11.3 Å². The molecular weight excluding hydrogens is 212 g/mol. The number of nitrogen functional groups attached to an aromatic ring is 1. The summed E-state index contributed by atoms with van der Waals surface area (Å²) in [5.74, 6) is 1.67. The molecule has 2 heterocycles. The first-order chi connectivity index (χ1) is 7.15. The molecule has 0 amide bonds. The van der Waals surface area contributed by atoms with Crippen LogP contribution in [0.25, 0.3) is 11.6 Å². The van der Waals surface area contributed by atoms with Crippen LogP contribution in [0.1, 0.15) is 19.7 Å². The van der Waals surface area contributed by atoms with Crippen molar-refractivity contribution in [1.29, 1.82) is 0 Å². The monoisotopic (exact) mass is 224 g/mol. The van der Waals surface area contributed by atoms with Crippen LogP contribution in [0.5, 0.6) is 0 Å². The smallest absolute Gasteiger partial charge is 0.277 e. The van der Waals surface area contributed by atoms with E-state index in [9.17, 15) is 0 Å². The third-order valence-electron chi connectivity index (χ3n) is 1.80. The number of anilines is 1. The molecule has 0 unspecified atom stereocenters. The Kier molecular flexibility index (Phi) is 2.68. The molecule has 2 aromatic heterocycles. The van der Waals surface area contributed by atoms with Gasteiger partial charge in [0.05, 0.1) is 0 Å². The predicted octanol–water partition coefficient (Wildman–Crippen LogP) is 1.97. The fraction of sp³-hybridized carbons (Fsp3) is 0.444. The summed E-state index contributed by atoms with van der Waals surface area (Å²) >= 11 is 1.36. The minimum absolute atomic E-state index is 0.443. The van der Waals surface area contributed by atoms with Crippen molar-refractivity contribution >= 4 is 16.5 Å². The van der Waals surface area contributed by atoms with Gasteiger partial charge >= 0.3 is 0 Å². The Balaban J connectivity index is 2.20. The Labute approximate surface area is 91.3 Å². The molecule has 2 N–H and O–H groups in total. The van der Waals surface area contributed by atoms with Crippen LogP contribution in [0.2, 0.25) is 0 Å². The maximum Gasteiger partial charge on any atom is 0.277 e. The molecule has 2 aromatic rings. The Hall–Kier alpha value is -1.43. The second-order valence-corrected chi connectivity index (χ2v) is 4.57. The largest absolute Gasteiger partial charge is 0.375 e. The summed E-state index contributed by atoms with van der Waals surface area (Å²) < 4.78 is 5.09. The van der Waals surface area contributed by atoms with Crippen LogP contribution in [0.3, 0.4) is 0 Å². The molecule has 0 bridgehead atoms. The summed E-state index contributed by atoms with van der Waals surface area (Å²) in [7, 11) is 0. The summed E-state index contributed by atoms with van der Waals surface area (Å²) in [4.78, 5) is 8.32. The number of hydrogen-bond donors (Lipinski definition) is 1. The lowest BCUT2D eigenvalue weighted by molar-refractivity contribution is 0.417. The number of rotatable bonds is 3. The molecule has 0 atom stereocenters. The average molecular weight is 224 g/mol. The fourth-order valence-corrected chi connectivity index (χ4v) is 1.73. The third-order valence-corrected chi connectivity index (χ3v) is 2.47. The van der Waals surface area contributed by atoms with E-state index in [1.807, 2.05) is 5.38 Å². The second kappa shape index (κ2) is 3.98. The quantitative estimate of drug-likeness (QED) is 0.862. The van der Waals surface area contributed by atoms with Crippen molar-refractivity contribution in [2.75, 3.05) is 5.73 Å². The van der Waals surface area contributed by atoms with Gasteiger partial charge < -0.3 is 10.3 Å². The molecule has 0 aliphatic heterocycles. The third kappa shape index (κ3) is 2.33. The van der Waals surface area contributed by atoms with E-state index in [-0.39, 0.29) is 0 Å². The van der Waals surface area contributed by atoms with Crippen molar-refractivity contribution in [1.82, 2.24) is 15.1 Å². The van der Waals surface area contributed by atoms with Gasteiger partial charge in [0.15, 0.2) is 11.0 Å². The first-order valence-corrected chi connectivity index (χ1v) is 5.57. The van der Waals surface area contributed by atoms with Crippen molar-refractivity contribution in [3.63, 3.8) is 0 Å². The summed E-state index contributed by atoms with van der Waals surface area (Å²) in [6.45, 7) is 4.22. The first-order valence-electron chi connectivity index (χ1n) is 4.69. The van der Waals surface area contributed by atoms with E-state index in [4.69, 9.17) is 10.3 Å². The molecule has 0 aliphatic rings. The molecule has 0 aliphatic carbocycles. The van der Waals surface area contributed by atoms with Gasteiger partial charge in [-0.2, -0.15) is 4.98 Å². The van der Waals surface area contributed by atoms with Gasteiger partial charge in [-0.1, -0.05) is 19.0 Å². The lowest BCUT2D eigenvalue weighted by Gasteiger charge is -1.95. The van der Waals surface area contributed by atoms with Gasteiger partial charge in [-0.25, -0.2) is 4.98 Å². The number of thiazole rings is 1. The zero-order valence-electron chi connectivity index (χ0n) is 8.60. The molecule has 0 aromatic carbocycles. The van der Waals surface area contributed by atoms with E-state index in [0.717, 1.165) is 6.42 Å². The van der Waals surface area contributed by atoms with Gasteiger partial charge in [0.1, 0.15) is 5.69 Å². The topological polar surface area (TPSA) is 77.8 Å². The molecule has 2 rings (SSSR count). The van der Waals surface area contributed by atoms with Crippen LogP contribution >= 0.6 is 11.3 Å². The SMILES string of the molecule is CC(C)Cc1noc(-c2csc(N)n2)n1. The summed E-state index contributed by atoms with van der Waals surface area (Å²) in [5.41, 5.74) is 6.17. The maximum atomic E-state index is 5.52. The van der Waals surface area contributed by atoms with Crippen LogP contribution in [0.15, 0.2) is 9.90 Å². The molecule has 80 valence electrons. The molecule has 15 heavy (non-hydrogen) atoms. The Morgan fingerprint density at radius 3 is 2.87 bits per heavy atom.